The van der Waals surface area contributed by atoms with Crippen LogP contribution in [0.4, 0.5) is 0 Å². The number of ether oxygens (including phenoxy) is 1. The molecule has 0 radical (unpaired) electrons. The molecular formula is C28H39N7O2. The molecule has 37 heavy (non-hydrogen) atoms. The molecule has 1 aromatic carbocycles. The van der Waals surface area contributed by atoms with E-state index in [0.29, 0.717) is 24.3 Å². The van der Waals surface area contributed by atoms with E-state index in [4.69, 9.17) is 4.74 Å². The molecule has 0 amide bonds. The number of benzene rings is 1. The number of pyridine rings is 1. The van der Waals surface area contributed by atoms with Gasteiger partial charge in [0.2, 0.25) is 0 Å². The average Bonchev–Trinajstić information content (AvgIpc) is 3.63. The first-order valence-corrected chi connectivity index (χ1v) is 14.3. The van der Waals surface area contributed by atoms with Crippen LogP contribution in [0.5, 0.6) is 5.75 Å². The molecule has 9 nitrogen and oxygen atoms in total. The molecule has 3 aromatic rings. The maximum absolute atomic E-state index is 13.6. The third-order valence-electron chi connectivity index (χ3n) is 8.69. The van der Waals surface area contributed by atoms with Crippen LogP contribution in [0.15, 0.2) is 29.1 Å². The van der Waals surface area contributed by atoms with Crippen molar-refractivity contribution in [1.82, 2.24) is 35.0 Å². The van der Waals surface area contributed by atoms with Crippen LogP contribution in [0.1, 0.15) is 88.2 Å². The van der Waals surface area contributed by atoms with Crippen LogP contribution in [0, 0.1) is 0 Å². The number of fused-ring (bicyclic) bond motifs is 1. The summed E-state index contributed by atoms with van der Waals surface area (Å²) in [6, 6.07) is 8.60. The monoisotopic (exact) mass is 505 g/mol. The van der Waals surface area contributed by atoms with E-state index in [1.54, 1.807) is 0 Å². The fourth-order valence-corrected chi connectivity index (χ4v) is 6.76. The summed E-state index contributed by atoms with van der Waals surface area (Å²) in [4.78, 5) is 21.8. The molecule has 1 N–H and O–H groups in total. The highest BCUT2D eigenvalue weighted by Gasteiger charge is 2.36. The lowest BCUT2D eigenvalue weighted by atomic mass is 9.93. The predicted molar refractivity (Wildman–Crippen MR) is 143 cm³/mol. The van der Waals surface area contributed by atoms with Gasteiger partial charge in [0.25, 0.3) is 5.56 Å². The highest BCUT2D eigenvalue weighted by atomic mass is 16.5. The number of nitrogens with zero attached hydrogens (tertiary/aromatic N) is 6. The van der Waals surface area contributed by atoms with Crippen molar-refractivity contribution < 1.29 is 4.74 Å². The molecule has 0 bridgehead atoms. The first-order valence-electron chi connectivity index (χ1n) is 14.3. The van der Waals surface area contributed by atoms with Crippen molar-refractivity contribution in [1.29, 1.82) is 0 Å². The molecule has 2 saturated carbocycles. The van der Waals surface area contributed by atoms with Crippen molar-refractivity contribution in [3.63, 3.8) is 0 Å². The largest absolute Gasteiger partial charge is 0.494 e. The standard InChI is InChI=1S/C28H39N7O2/c1-2-37-23-12-13-25-20(18-23)19-24(28(36)29-25)26(27-30-31-32-35(27)22-10-6-7-11-22)34-16-14-33(15-17-34)21-8-4-3-5-9-21/h12-13,18-19,21-22,26H,2-11,14-17H2,1H3,(H,29,36)/t26-/m1/s1. The quantitative estimate of drug-likeness (QED) is 0.517. The summed E-state index contributed by atoms with van der Waals surface area (Å²) in [6.45, 7) is 6.42. The summed E-state index contributed by atoms with van der Waals surface area (Å²) in [5.41, 5.74) is 1.45. The number of rotatable bonds is 7. The van der Waals surface area contributed by atoms with Crippen molar-refractivity contribution in [3.05, 3.63) is 46.0 Å². The van der Waals surface area contributed by atoms with Crippen molar-refractivity contribution in [3.8, 4) is 5.75 Å². The molecule has 2 aromatic heterocycles. The fourth-order valence-electron chi connectivity index (χ4n) is 6.76. The second-order valence-electron chi connectivity index (χ2n) is 10.9. The Bertz CT molecular complexity index is 1250. The minimum atomic E-state index is -0.284. The Labute approximate surface area is 218 Å². The molecule has 9 heteroatoms. The zero-order valence-electron chi connectivity index (χ0n) is 21.9. The molecule has 3 aliphatic rings. The maximum atomic E-state index is 13.6. The molecular weight excluding hydrogens is 466 g/mol. The number of tetrazole rings is 1. The maximum Gasteiger partial charge on any atom is 0.253 e. The third-order valence-corrected chi connectivity index (χ3v) is 8.69. The van der Waals surface area contributed by atoms with Gasteiger partial charge in [-0.2, -0.15) is 0 Å². The first kappa shape index (κ1) is 24.6. The van der Waals surface area contributed by atoms with Crippen LogP contribution < -0.4 is 10.3 Å². The summed E-state index contributed by atoms with van der Waals surface area (Å²) in [7, 11) is 0. The van der Waals surface area contributed by atoms with E-state index < -0.39 is 0 Å². The van der Waals surface area contributed by atoms with Crippen molar-refractivity contribution in [2.45, 2.75) is 82.8 Å². The Kier molecular flexibility index (Phi) is 7.24. The minimum absolute atomic E-state index is 0.0719. The van der Waals surface area contributed by atoms with E-state index in [1.807, 2.05) is 35.9 Å². The molecule has 198 valence electrons. The van der Waals surface area contributed by atoms with Gasteiger partial charge in [0, 0.05) is 48.7 Å². The second kappa shape index (κ2) is 10.9. The number of aromatic amines is 1. The number of hydrogen-bond acceptors (Lipinski definition) is 7. The predicted octanol–water partition coefficient (Wildman–Crippen LogP) is 4.07. The van der Waals surface area contributed by atoms with Gasteiger partial charge < -0.3 is 9.72 Å². The lowest BCUT2D eigenvalue weighted by Gasteiger charge is -2.43. The van der Waals surface area contributed by atoms with Crippen molar-refractivity contribution in [2.75, 3.05) is 32.8 Å². The molecule has 1 atom stereocenters. The number of piperazine rings is 1. The highest BCUT2D eigenvalue weighted by Crippen LogP contribution is 2.35. The van der Waals surface area contributed by atoms with E-state index in [0.717, 1.165) is 61.5 Å². The van der Waals surface area contributed by atoms with Gasteiger partial charge in [0.15, 0.2) is 5.82 Å². The minimum Gasteiger partial charge on any atom is -0.494 e. The van der Waals surface area contributed by atoms with E-state index in [-0.39, 0.29) is 11.6 Å². The molecule has 1 aliphatic heterocycles. The van der Waals surface area contributed by atoms with Gasteiger partial charge in [-0.15, -0.1) is 5.10 Å². The zero-order valence-corrected chi connectivity index (χ0v) is 21.9. The molecule has 3 heterocycles. The number of aromatic nitrogens is 5. The zero-order chi connectivity index (χ0) is 25.2. The van der Waals surface area contributed by atoms with Gasteiger partial charge in [-0.1, -0.05) is 32.1 Å². The summed E-state index contributed by atoms with van der Waals surface area (Å²) < 4.78 is 7.76. The van der Waals surface area contributed by atoms with Gasteiger partial charge >= 0.3 is 0 Å². The number of nitrogens with one attached hydrogen (secondary N) is 1. The smallest absolute Gasteiger partial charge is 0.253 e. The summed E-state index contributed by atoms with van der Waals surface area (Å²) in [5.74, 6) is 1.60. The van der Waals surface area contributed by atoms with Gasteiger partial charge in [-0.05, 0) is 67.3 Å². The SMILES string of the molecule is CCOc1ccc2[nH]c(=O)c([C@H](c3nnnn3C3CCCC3)N3CCN(C4CCCCC4)CC3)cc2c1. The van der Waals surface area contributed by atoms with Gasteiger partial charge in [0.05, 0.1) is 12.6 Å². The van der Waals surface area contributed by atoms with Gasteiger partial charge in [0.1, 0.15) is 11.8 Å². The Morgan fingerprint density at radius 3 is 2.46 bits per heavy atom. The second-order valence-corrected chi connectivity index (χ2v) is 10.9. The van der Waals surface area contributed by atoms with Gasteiger partial charge in [-0.3, -0.25) is 14.6 Å². The Morgan fingerprint density at radius 2 is 1.70 bits per heavy atom. The summed E-state index contributed by atoms with van der Waals surface area (Å²) in [5, 5.41) is 14.1. The van der Waals surface area contributed by atoms with Crippen molar-refractivity contribution in [2.24, 2.45) is 0 Å². The van der Waals surface area contributed by atoms with Crippen molar-refractivity contribution >= 4 is 10.9 Å². The van der Waals surface area contributed by atoms with E-state index >= 15 is 0 Å². The van der Waals surface area contributed by atoms with Crippen LogP contribution in [0.3, 0.4) is 0 Å². The Morgan fingerprint density at radius 1 is 0.973 bits per heavy atom. The molecule has 0 unspecified atom stereocenters. The molecule has 1 saturated heterocycles. The third kappa shape index (κ3) is 5.03. The fraction of sp³-hybridized carbons (Fsp3) is 0.643. The number of H-pyrrole nitrogens is 1. The first-order chi connectivity index (χ1) is 18.2. The van der Waals surface area contributed by atoms with Crippen LogP contribution in [0.25, 0.3) is 10.9 Å². The van der Waals surface area contributed by atoms with E-state index in [2.05, 4.69) is 30.3 Å². The summed E-state index contributed by atoms with van der Waals surface area (Å²) in [6.07, 6.45) is 11.3. The average molecular weight is 506 g/mol. The number of hydrogen-bond donors (Lipinski definition) is 1. The van der Waals surface area contributed by atoms with Gasteiger partial charge in [-0.25, -0.2) is 4.68 Å². The van der Waals surface area contributed by atoms with Crippen LogP contribution in [0.2, 0.25) is 0 Å². The van der Waals surface area contributed by atoms with Crippen LogP contribution >= 0.6 is 0 Å². The highest BCUT2D eigenvalue weighted by molar-refractivity contribution is 5.80. The molecule has 2 aliphatic carbocycles. The lowest BCUT2D eigenvalue weighted by Crippen LogP contribution is -2.52. The molecule has 3 fully saturated rings. The topological polar surface area (TPSA) is 92.2 Å². The van der Waals surface area contributed by atoms with E-state index in [1.165, 1.54) is 44.9 Å². The van der Waals surface area contributed by atoms with Crippen LogP contribution in [-0.2, 0) is 0 Å². The van der Waals surface area contributed by atoms with E-state index in [9.17, 15) is 4.79 Å². The lowest BCUT2D eigenvalue weighted by molar-refractivity contribution is 0.0613. The summed E-state index contributed by atoms with van der Waals surface area (Å²) >= 11 is 0. The van der Waals surface area contributed by atoms with Crippen LogP contribution in [-0.4, -0.2) is 73.8 Å². The molecule has 0 spiro atoms. The Balaban J connectivity index is 1.36. The normalized spacial score (nSPS) is 21.5. The molecule has 6 rings (SSSR count). The Hall–Kier alpha value is -2.78.